The number of hydrogen-bond acceptors (Lipinski definition) is 5. The summed E-state index contributed by atoms with van der Waals surface area (Å²) < 4.78 is 25.5. The van der Waals surface area contributed by atoms with Gasteiger partial charge in [-0.25, -0.2) is 8.42 Å². The molecule has 156 valence electrons. The monoisotopic (exact) mass is 421 g/mol. The molecule has 0 aliphatic carbocycles. The van der Waals surface area contributed by atoms with E-state index in [0.717, 1.165) is 38.2 Å². The second-order valence-corrected chi connectivity index (χ2v) is 9.87. The molecule has 0 spiro atoms. The minimum Gasteiger partial charge on any atom is -0.397 e. The highest BCUT2D eigenvalue weighted by Crippen LogP contribution is 2.29. The van der Waals surface area contributed by atoms with E-state index in [2.05, 4.69) is 29.2 Å². The molecule has 0 saturated carbocycles. The van der Waals surface area contributed by atoms with Crippen LogP contribution in [0.25, 0.3) is 0 Å². The van der Waals surface area contributed by atoms with Gasteiger partial charge in [-0.15, -0.1) is 0 Å². The van der Waals surface area contributed by atoms with Crippen LogP contribution in [0.15, 0.2) is 77.7 Å². The standard InChI is InChI=1S/C24H27N3O2S/c25-22-11-12-23(26-24(22)18-30(28,29)21-9-5-2-6-10-21)20-13-15-27(16-14-20)17-19-7-3-1-4-8-19/h1-12,20H,13-18,25H2. The van der Waals surface area contributed by atoms with E-state index >= 15 is 0 Å². The molecule has 1 saturated heterocycles. The van der Waals surface area contributed by atoms with Gasteiger partial charge in [-0.05, 0) is 55.8 Å². The molecule has 4 rings (SSSR count). The third-order valence-corrected chi connectivity index (χ3v) is 7.36. The Bertz CT molecular complexity index is 1080. The van der Waals surface area contributed by atoms with Crippen molar-refractivity contribution in [1.82, 2.24) is 9.88 Å². The Morgan fingerprint density at radius 1 is 0.900 bits per heavy atom. The zero-order valence-electron chi connectivity index (χ0n) is 16.9. The van der Waals surface area contributed by atoms with Gasteiger partial charge in [0.15, 0.2) is 9.84 Å². The molecule has 1 aliphatic heterocycles. The number of pyridine rings is 1. The molecule has 0 radical (unpaired) electrons. The smallest absolute Gasteiger partial charge is 0.184 e. The number of hydrogen-bond donors (Lipinski definition) is 1. The van der Waals surface area contributed by atoms with E-state index in [0.29, 0.717) is 22.2 Å². The van der Waals surface area contributed by atoms with Crippen molar-refractivity contribution in [3.05, 3.63) is 89.7 Å². The van der Waals surface area contributed by atoms with E-state index < -0.39 is 9.84 Å². The fourth-order valence-electron chi connectivity index (χ4n) is 3.99. The molecule has 2 heterocycles. The van der Waals surface area contributed by atoms with Crippen molar-refractivity contribution in [2.45, 2.75) is 36.0 Å². The molecule has 0 amide bonds. The molecule has 3 aromatic rings. The number of likely N-dealkylation sites (tertiary alicyclic amines) is 1. The van der Waals surface area contributed by atoms with E-state index in [1.807, 2.05) is 12.1 Å². The number of rotatable bonds is 6. The van der Waals surface area contributed by atoms with Crippen LogP contribution >= 0.6 is 0 Å². The van der Waals surface area contributed by atoms with Gasteiger partial charge in [-0.2, -0.15) is 0 Å². The van der Waals surface area contributed by atoms with Crippen LogP contribution in [0.3, 0.4) is 0 Å². The van der Waals surface area contributed by atoms with E-state index in [4.69, 9.17) is 10.7 Å². The number of sulfone groups is 1. The maximum Gasteiger partial charge on any atom is 0.184 e. The Hall–Kier alpha value is -2.70. The first-order valence-corrected chi connectivity index (χ1v) is 12.0. The van der Waals surface area contributed by atoms with E-state index in [9.17, 15) is 8.42 Å². The number of aromatic nitrogens is 1. The van der Waals surface area contributed by atoms with Gasteiger partial charge in [0.05, 0.1) is 22.0 Å². The molecule has 1 fully saturated rings. The second kappa shape index (κ2) is 8.98. The molecular weight excluding hydrogens is 394 g/mol. The first-order valence-electron chi connectivity index (χ1n) is 10.3. The van der Waals surface area contributed by atoms with Crippen LogP contribution in [0.5, 0.6) is 0 Å². The molecule has 0 unspecified atom stereocenters. The Balaban J connectivity index is 1.44. The SMILES string of the molecule is Nc1ccc(C2CCN(Cc3ccccc3)CC2)nc1CS(=O)(=O)c1ccccc1. The van der Waals surface area contributed by atoms with Gasteiger partial charge in [0.1, 0.15) is 0 Å². The highest BCUT2D eigenvalue weighted by atomic mass is 32.2. The van der Waals surface area contributed by atoms with Gasteiger partial charge in [0.2, 0.25) is 0 Å². The molecule has 2 N–H and O–H groups in total. The highest BCUT2D eigenvalue weighted by Gasteiger charge is 2.24. The Labute approximate surface area is 178 Å². The molecular formula is C24H27N3O2S. The van der Waals surface area contributed by atoms with Gasteiger partial charge in [0, 0.05) is 18.2 Å². The lowest BCUT2D eigenvalue weighted by atomic mass is 9.92. The number of nitrogens with zero attached hydrogens (tertiary/aromatic N) is 2. The Morgan fingerprint density at radius 2 is 1.53 bits per heavy atom. The quantitative estimate of drug-likeness (QED) is 0.651. The number of nitrogens with two attached hydrogens (primary N) is 1. The lowest BCUT2D eigenvalue weighted by Crippen LogP contribution is -2.32. The van der Waals surface area contributed by atoms with Crippen molar-refractivity contribution in [1.29, 1.82) is 0 Å². The summed E-state index contributed by atoms with van der Waals surface area (Å²) >= 11 is 0. The summed E-state index contributed by atoms with van der Waals surface area (Å²) in [6.07, 6.45) is 2.02. The Kier molecular flexibility index (Phi) is 6.16. The summed E-state index contributed by atoms with van der Waals surface area (Å²) in [5, 5.41) is 0. The van der Waals surface area contributed by atoms with E-state index in [-0.39, 0.29) is 5.75 Å². The van der Waals surface area contributed by atoms with E-state index in [1.165, 1.54) is 5.56 Å². The maximum absolute atomic E-state index is 12.8. The lowest BCUT2D eigenvalue weighted by molar-refractivity contribution is 0.203. The van der Waals surface area contributed by atoms with E-state index in [1.54, 1.807) is 36.4 Å². The summed E-state index contributed by atoms with van der Waals surface area (Å²) in [7, 11) is -3.48. The molecule has 0 atom stereocenters. The molecule has 2 aromatic carbocycles. The minimum atomic E-state index is -3.48. The largest absolute Gasteiger partial charge is 0.397 e. The zero-order valence-corrected chi connectivity index (χ0v) is 17.8. The topological polar surface area (TPSA) is 76.3 Å². The second-order valence-electron chi connectivity index (χ2n) is 7.88. The summed E-state index contributed by atoms with van der Waals surface area (Å²) in [4.78, 5) is 7.45. The first kappa shape index (κ1) is 20.6. The van der Waals surface area contributed by atoms with Crippen molar-refractivity contribution in [2.75, 3.05) is 18.8 Å². The lowest BCUT2D eigenvalue weighted by Gasteiger charge is -2.32. The fraction of sp³-hybridized carbons (Fsp3) is 0.292. The molecule has 5 nitrogen and oxygen atoms in total. The van der Waals surface area contributed by atoms with Crippen LogP contribution < -0.4 is 5.73 Å². The predicted octanol–water partition coefficient (Wildman–Crippen LogP) is 4.02. The van der Waals surface area contributed by atoms with Crippen LogP contribution in [0, 0.1) is 0 Å². The first-order chi connectivity index (χ1) is 14.5. The average Bonchev–Trinajstić information content (AvgIpc) is 2.77. The normalized spacial score (nSPS) is 15.9. The van der Waals surface area contributed by atoms with Crippen molar-refractivity contribution < 1.29 is 8.42 Å². The van der Waals surface area contributed by atoms with Gasteiger partial charge in [-0.1, -0.05) is 48.5 Å². The molecule has 0 bridgehead atoms. The van der Waals surface area contributed by atoms with Gasteiger partial charge < -0.3 is 5.73 Å². The van der Waals surface area contributed by atoms with Crippen LogP contribution in [-0.2, 0) is 22.1 Å². The molecule has 30 heavy (non-hydrogen) atoms. The predicted molar refractivity (Wildman–Crippen MR) is 120 cm³/mol. The maximum atomic E-state index is 12.8. The molecule has 1 aromatic heterocycles. The summed E-state index contributed by atoms with van der Waals surface area (Å²) in [6.45, 7) is 2.97. The summed E-state index contributed by atoms with van der Waals surface area (Å²) in [6, 6.07) is 22.7. The summed E-state index contributed by atoms with van der Waals surface area (Å²) in [5.74, 6) is 0.152. The molecule has 1 aliphatic rings. The average molecular weight is 422 g/mol. The van der Waals surface area contributed by atoms with Crippen LogP contribution in [0.2, 0.25) is 0 Å². The van der Waals surface area contributed by atoms with Gasteiger partial charge in [0.25, 0.3) is 0 Å². The third kappa shape index (κ3) is 4.89. The van der Waals surface area contributed by atoms with Crippen molar-refractivity contribution in [3.63, 3.8) is 0 Å². The number of anilines is 1. The van der Waals surface area contributed by atoms with Crippen molar-refractivity contribution in [2.24, 2.45) is 0 Å². The molecule has 6 heteroatoms. The van der Waals surface area contributed by atoms with Crippen LogP contribution in [-0.4, -0.2) is 31.4 Å². The van der Waals surface area contributed by atoms with Crippen molar-refractivity contribution >= 4 is 15.5 Å². The minimum absolute atomic E-state index is 0.177. The van der Waals surface area contributed by atoms with Crippen molar-refractivity contribution in [3.8, 4) is 0 Å². The fourth-order valence-corrected chi connectivity index (χ4v) is 5.32. The number of benzene rings is 2. The highest BCUT2D eigenvalue weighted by molar-refractivity contribution is 7.90. The zero-order chi connectivity index (χ0) is 21.0. The van der Waals surface area contributed by atoms with Crippen LogP contribution in [0.1, 0.15) is 35.7 Å². The van der Waals surface area contributed by atoms with Gasteiger partial charge >= 0.3 is 0 Å². The third-order valence-electron chi connectivity index (χ3n) is 5.71. The summed E-state index contributed by atoms with van der Waals surface area (Å²) in [5.41, 5.74) is 9.23. The number of piperidine rings is 1. The van der Waals surface area contributed by atoms with Gasteiger partial charge in [-0.3, -0.25) is 9.88 Å². The Morgan fingerprint density at radius 3 is 2.20 bits per heavy atom. The number of nitrogen functional groups attached to an aromatic ring is 1. The van der Waals surface area contributed by atoms with Crippen LogP contribution in [0.4, 0.5) is 5.69 Å².